The molecule has 3 aromatic rings. The molecule has 0 saturated carbocycles. The SMILES string of the molecule is CCc1cc(-c2ccc(F)c3cccnc23)nc(N2CCCC2)n1. The van der Waals surface area contributed by atoms with Crippen molar-refractivity contribution in [2.24, 2.45) is 0 Å². The topological polar surface area (TPSA) is 41.9 Å². The number of hydrogen-bond donors (Lipinski definition) is 0. The monoisotopic (exact) mass is 322 g/mol. The van der Waals surface area contributed by atoms with E-state index in [4.69, 9.17) is 4.98 Å². The van der Waals surface area contributed by atoms with Crippen LogP contribution in [0, 0.1) is 5.82 Å². The van der Waals surface area contributed by atoms with E-state index in [1.807, 2.05) is 6.07 Å². The normalized spacial score (nSPS) is 14.5. The number of benzene rings is 1. The highest BCUT2D eigenvalue weighted by atomic mass is 19.1. The molecule has 0 spiro atoms. The van der Waals surface area contributed by atoms with Crippen LogP contribution in [0.3, 0.4) is 0 Å². The average Bonchev–Trinajstić information content (AvgIpc) is 3.16. The Labute approximate surface area is 140 Å². The van der Waals surface area contributed by atoms with E-state index in [2.05, 4.69) is 21.8 Å². The summed E-state index contributed by atoms with van der Waals surface area (Å²) in [4.78, 5) is 16.1. The summed E-state index contributed by atoms with van der Waals surface area (Å²) < 4.78 is 14.1. The Morgan fingerprint density at radius 2 is 1.96 bits per heavy atom. The van der Waals surface area contributed by atoms with Crippen molar-refractivity contribution in [3.63, 3.8) is 0 Å². The third-order valence-corrected chi connectivity index (χ3v) is 4.51. The van der Waals surface area contributed by atoms with Crippen molar-refractivity contribution >= 4 is 16.9 Å². The van der Waals surface area contributed by atoms with Crippen molar-refractivity contribution in [1.82, 2.24) is 15.0 Å². The van der Waals surface area contributed by atoms with Crippen LogP contribution in [0.5, 0.6) is 0 Å². The average molecular weight is 322 g/mol. The van der Waals surface area contributed by atoms with Crippen LogP contribution in [0.25, 0.3) is 22.2 Å². The van der Waals surface area contributed by atoms with Gasteiger partial charge < -0.3 is 4.90 Å². The predicted molar refractivity (Wildman–Crippen MR) is 93.6 cm³/mol. The summed E-state index contributed by atoms with van der Waals surface area (Å²) in [6.45, 7) is 4.07. The third kappa shape index (κ3) is 2.60. The number of rotatable bonds is 3. The number of nitrogens with zero attached hydrogens (tertiary/aromatic N) is 4. The molecule has 0 aliphatic carbocycles. The van der Waals surface area contributed by atoms with E-state index >= 15 is 0 Å². The number of hydrogen-bond acceptors (Lipinski definition) is 4. The number of fused-ring (bicyclic) bond motifs is 1. The molecular formula is C19H19FN4. The molecule has 122 valence electrons. The zero-order valence-corrected chi connectivity index (χ0v) is 13.7. The first kappa shape index (κ1) is 15.0. The Bertz CT molecular complexity index is 888. The second-order valence-electron chi connectivity index (χ2n) is 6.09. The van der Waals surface area contributed by atoms with Gasteiger partial charge in [-0.1, -0.05) is 6.92 Å². The lowest BCUT2D eigenvalue weighted by atomic mass is 10.1. The molecular weight excluding hydrogens is 303 g/mol. The van der Waals surface area contributed by atoms with Crippen molar-refractivity contribution in [2.45, 2.75) is 26.2 Å². The minimum absolute atomic E-state index is 0.258. The van der Waals surface area contributed by atoms with Gasteiger partial charge in [-0.3, -0.25) is 4.98 Å². The van der Waals surface area contributed by atoms with Crippen LogP contribution in [0.15, 0.2) is 36.5 Å². The molecule has 0 amide bonds. The van der Waals surface area contributed by atoms with Gasteiger partial charge in [-0.25, -0.2) is 14.4 Å². The summed E-state index contributed by atoms with van der Waals surface area (Å²) in [5.41, 5.74) is 3.30. The maximum absolute atomic E-state index is 14.1. The van der Waals surface area contributed by atoms with Crippen LogP contribution in [-0.4, -0.2) is 28.0 Å². The minimum atomic E-state index is -0.258. The zero-order chi connectivity index (χ0) is 16.5. The van der Waals surface area contributed by atoms with Gasteiger partial charge in [-0.05, 0) is 49.6 Å². The van der Waals surface area contributed by atoms with Gasteiger partial charge >= 0.3 is 0 Å². The van der Waals surface area contributed by atoms with Crippen LogP contribution in [0.2, 0.25) is 0 Å². The van der Waals surface area contributed by atoms with Crippen LogP contribution in [0.1, 0.15) is 25.5 Å². The second-order valence-corrected chi connectivity index (χ2v) is 6.09. The first-order valence-electron chi connectivity index (χ1n) is 8.43. The molecule has 1 fully saturated rings. The molecule has 1 aliphatic rings. The standard InChI is InChI=1S/C19H19FN4/c1-2-13-12-17(23-19(22-13)24-10-3-4-11-24)15-7-8-16(20)14-6-5-9-21-18(14)15/h5-9,12H,2-4,10-11H2,1H3. The molecule has 1 aliphatic heterocycles. The van der Waals surface area contributed by atoms with Crippen molar-refractivity contribution in [2.75, 3.05) is 18.0 Å². The molecule has 0 unspecified atom stereocenters. The maximum Gasteiger partial charge on any atom is 0.226 e. The van der Waals surface area contributed by atoms with Gasteiger partial charge in [0, 0.05) is 35.9 Å². The number of aromatic nitrogens is 3. The summed E-state index contributed by atoms with van der Waals surface area (Å²) in [6.07, 6.45) is 4.88. The minimum Gasteiger partial charge on any atom is -0.341 e. The molecule has 24 heavy (non-hydrogen) atoms. The Morgan fingerprint density at radius 1 is 1.12 bits per heavy atom. The summed E-state index contributed by atoms with van der Waals surface area (Å²) in [7, 11) is 0. The molecule has 0 radical (unpaired) electrons. The van der Waals surface area contributed by atoms with Crippen LogP contribution >= 0.6 is 0 Å². The molecule has 1 aromatic carbocycles. The fourth-order valence-corrected chi connectivity index (χ4v) is 3.21. The van der Waals surface area contributed by atoms with E-state index in [1.54, 1.807) is 24.4 Å². The van der Waals surface area contributed by atoms with Crippen LogP contribution in [0.4, 0.5) is 10.3 Å². The highest BCUT2D eigenvalue weighted by molar-refractivity contribution is 5.93. The predicted octanol–water partition coefficient (Wildman–Crippen LogP) is 3.99. The fourth-order valence-electron chi connectivity index (χ4n) is 3.21. The Balaban J connectivity index is 1.90. The summed E-state index contributed by atoms with van der Waals surface area (Å²) >= 11 is 0. The van der Waals surface area contributed by atoms with Gasteiger partial charge in [0.25, 0.3) is 0 Å². The first-order valence-corrected chi connectivity index (χ1v) is 8.43. The number of halogens is 1. The van der Waals surface area contributed by atoms with Gasteiger partial charge in [0.2, 0.25) is 5.95 Å². The zero-order valence-electron chi connectivity index (χ0n) is 13.7. The number of anilines is 1. The van der Waals surface area contributed by atoms with Crippen molar-refractivity contribution < 1.29 is 4.39 Å². The van der Waals surface area contributed by atoms with E-state index in [-0.39, 0.29) is 5.82 Å². The fraction of sp³-hybridized carbons (Fsp3) is 0.316. The molecule has 3 heterocycles. The molecule has 2 aromatic heterocycles. The molecule has 0 N–H and O–H groups in total. The van der Waals surface area contributed by atoms with E-state index in [0.29, 0.717) is 10.9 Å². The summed E-state index contributed by atoms with van der Waals surface area (Å²) in [5.74, 6) is 0.515. The molecule has 1 saturated heterocycles. The van der Waals surface area contributed by atoms with Gasteiger partial charge in [0.1, 0.15) is 5.82 Å². The second kappa shape index (κ2) is 6.15. The van der Waals surface area contributed by atoms with Crippen molar-refractivity contribution in [1.29, 1.82) is 0 Å². The Hall–Kier alpha value is -2.56. The lowest BCUT2D eigenvalue weighted by molar-refractivity contribution is 0.639. The van der Waals surface area contributed by atoms with E-state index in [0.717, 1.165) is 42.4 Å². The Kier molecular flexibility index (Phi) is 3.84. The highest BCUT2D eigenvalue weighted by Crippen LogP contribution is 2.29. The molecule has 5 heteroatoms. The molecule has 0 atom stereocenters. The lowest BCUT2D eigenvalue weighted by Gasteiger charge is -2.17. The summed E-state index contributed by atoms with van der Waals surface area (Å²) in [6, 6.07) is 8.75. The van der Waals surface area contributed by atoms with Gasteiger partial charge in [0.15, 0.2) is 0 Å². The highest BCUT2D eigenvalue weighted by Gasteiger charge is 2.18. The molecule has 4 nitrogen and oxygen atoms in total. The number of aryl methyl sites for hydroxylation is 1. The van der Waals surface area contributed by atoms with Crippen molar-refractivity contribution in [3.05, 3.63) is 48.0 Å². The van der Waals surface area contributed by atoms with Gasteiger partial charge in [0.05, 0.1) is 11.2 Å². The molecule has 4 rings (SSSR count). The van der Waals surface area contributed by atoms with E-state index in [9.17, 15) is 4.39 Å². The number of pyridine rings is 1. The first-order chi connectivity index (χ1) is 11.8. The Morgan fingerprint density at radius 3 is 2.75 bits per heavy atom. The maximum atomic E-state index is 14.1. The van der Waals surface area contributed by atoms with Crippen molar-refractivity contribution in [3.8, 4) is 11.3 Å². The van der Waals surface area contributed by atoms with Gasteiger partial charge in [-0.15, -0.1) is 0 Å². The van der Waals surface area contributed by atoms with Crippen LogP contribution < -0.4 is 4.90 Å². The van der Waals surface area contributed by atoms with E-state index < -0.39 is 0 Å². The van der Waals surface area contributed by atoms with Gasteiger partial charge in [-0.2, -0.15) is 0 Å². The van der Waals surface area contributed by atoms with Crippen LogP contribution in [-0.2, 0) is 6.42 Å². The summed E-state index contributed by atoms with van der Waals surface area (Å²) in [5, 5.41) is 0.523. The quantitative estimate of drug-likeness (QED) is 0.731. The third-order valence-electron chi connectivity index (χ3n) is 4.51. The largest absolute Gasteiger partial charge is 0.341 e. The van der Waals surface area contributed by atoms with E-state index in [1.165, 1.54) is 18.9 Å². The smallest absolute Gasteiger partial charge is 0.226 e. The molecule has 0 bridgehead atoms. The lowest BCUT2D eigenvalue weighted by Crippen LogP contribution is -2.21.